The molecule has 0 fully saturated rings. The summed E-state index contributed by atoms with van der Waals surface area (Å²) < 4.78 is 6.45. The highest BCUT2D eigenvalue weighted by atomic mass is 79.9. The molecule has 118 valence electrons. The molecule has 1 aromatic rings. The summed E-state index contributed by atoms with van der Waals surface area (Å²) in [4.78, 5) is 25.7. The van der Waals surface area contributed by atoms with E-state index in [1.54, 1.807) is 20.8 Å². The third kappa shape index (κ3) is 4.48. The fourth-order valence-corrected chi connectivity index (χ4v) is 2.07. The second-order valence-corrected chi connectivity index (χ2v) is 6.05. The lowest BCUT2D eigenvalue weighted by molar-refractivity contribution is -0.389. The molecule has 0 aromatic carbocycles. The molecular formula is C11H17BrN4O5. The predicted octanol–water partition coefficient (Wildman–Crippen LogP) is 0.961. The Morgan fingerprint density at radius 2 is 2.24 bits per heavy atom. The van der Waals surface area contributed by atoms with Gasteiger partial charge >= 0.3 is 11.8 Å². The summed E-state index contributed by atoms with van der Waals surface area (Å²) in [5.74, 6) is -2.19. The molecule has 0 amide bonds. The van der Waals surface area contributed by atoms with Crippen LogP contribution in [-0.4, -0.2) is 37.8 Å². The molecule has 2 unspecified atom stereocenters. The SMILES string of the molecule is CC(C)(C)OC(=O)C(CO)C(N)n1cc([N+](=O)[O-])nc1Br. The van der Waals surface area contributed by atoms with Crippen molar-refractivity contribution in [2.75, 3.05) is 6.61 Å². The quantitative estimate of drug-likeness (QED) is 0.451. The van der Waals surface area contributed by atoms with Gasteiger partial charge in [0.2, 0.25) is 0 Å². The van der Waals surface area contributed by atoms with Gasteiger partial charge in [0.1, 0.15) is 23.9 Å². The fourth-order valence-electron chi connectivity index (χ4n) is 1.55. The van der Waals surface area contributed by atoms with E-state index >= 15 is 0 Å². The highest BCUT2D eigenvalue weighted by Crippen LogP contribution is 2.24. The number of aromatic nitrogens is 2. The van der Waals surface area contributed by atoms with Gasteiger partial charge in [-0.1, -0.05) is 0 Å². The van der Waals surface area contributed by atoms with Crippen LogP contribution in [0.5, 0.6) is 0 Å². The van der Waals surface area contributed by atoms with Gasteiger partial charge in [0, 0.05) is 15.9 Å². The molecule has 9 nitrogen and oxygen atoms in total. The normalized spacial score (nSPS) is 14.6. The third-order valence-corrected chi connectivity index (χ3v) is 3.09. The number of rotatable bonds is 5. The Bertz CT molecular complexity index is 539. The molecule has 0 saturated carbocycles. The van der Waals surface area contributed by atoms with Crippen molar-refractivity contribution in [1.29, 1.82) is 0 Å². The number of aliphatic hydroxyl groups is 1. The smallest absolute Gasteiger partial charge is 0.382 e. The zero-order valence-corrected chi connectivity index (χ0v) is 13.4. The van der Waals surface area contributed by atoms with Gasteiger partial charge in [-0.05, 0) is 30.7 Å². The fraction of sp³-hybridized carbons (Fsp3) is 0.636. The first kappa shape index (κ1) is 17.5. The lowest BCUT2D eigenvalue weighted by Crippen LogP contribution is -2.39. The Hall–Kier alpha value is -1.52. The molecule has 1 rings (SSSR count). The number of esters is 1. The van der Waals surface area contributed by atoms with Gasteiger partial charge in [0.25, 0.3) is 4.73 Å². The number of aliphatic hydroxyl groups excluding tert-OH is 1. The Balaban J connectivity index is 3.01. The zero-order valence-electron chi connectivity index (χ0n) is 11.8. The van der Waals surface area contributed by atoms with E-state index < -0.39 is 41.0 Å². The van der Waals surface area contributed by atoms with E-state index in [1.165, 1.54) is 4.57 Å². The number of nitrogens with zero attached hydrogens (tertiary/aromatic N) is 3. The average Bonchev–Trinajstić information content (AvgIpc) is 2.69. The van der Waals surface area contributed by atoms with Gasteiger partial charge in [-0.3, -0.25) is 9.36 Å². The Labute approximate surface area is 129 Å². The van der Waals surface area contributed by atoms with Crippen molar-refractivity contribution >= 4 is 27.7 Å². The highest BCUT2D eigenvalue weighted by Gasteiger charge is 2.33. The minimum absolute atomic E-state index is 0.0868. The first-order valence-corrected chi connectivity index (χ1v) is 6.84. The summed E-state index contributed by atoms with van der Waals surface area (Å²) >= 11 is 3.03. The van der Waals surface area contributed by atoms with Crippen LogP contribution in [-0.2, 0) is 9.53 Å². The van der Waals surface area contributed by atoms with Gasteiger partial charge in [-0.2, -0.15) is 0 Å². The van der Waals surface area contributed by atoms with Gasteiger partial charge in [-0.15, -0.1) is 0 Å². The van der Waals surface area contributed by atoms with Gasteiger partial charge in [-0.25, -0.2) is 0 Å². The number of ether oxygens (including phenoxy) is 1. The maximum atomic E-state index is 12.0. The number of carbonyl (C=O) groups is 1. The number of hydrogen-bond acceptors (Lipinski definition) is 7. The minimum atomic E-state index is -1.07. The molecule has 0 bridgehead atoms. The second-order valence-electron chi connectivity index (χ2n) is 5.35. The van der Waals surface area contributed by atoms with E-state index in [0.717, 1.165) is 6.20 Å². The van der Waals surface area contributed by atoms with E-state index in [9.17, 15) is 20.0 Å². The van der Waals surface area contributed by atoms with E-state index in [2.05, 4.69) is 20.9 Å². The standard InChI is InChI=1S/C11H17BrN4O5/c1-11(2,3)21-9(18)6(5-17)8(13)15-4-7(16(19)20)14-10(15)12/h4,6,8,17H,5,13H2,1-3H3. The van der Waals surface area contributed by atoms with Crippen molar-refractivity contribution < 1.29 is 19.6 Å². The summed E-state index contributed by atoms with van der Waals surface area (Å²) in [6.07, 6.45) is 0.0299. The first-order valence-electron chi connectivity index (χ1n) is 6.05. The van der Waals surface area contributed by atoms with Crippen molar-refractivity contribution in [2.24, 2.45) is 11.7 Å². The number of hydrogen-bond donors (Lipinski definition) is 2. The van der Waals surface area contributed by atoms with Crippen LogP contribution in [0.15, 0.2) is 10.9 Å². The molecule has 2 atom stereocenters. The van der Waals surface area contributed by atoms with Gasteiger partial charge in [0.15, 0.2) is 0 Å². The molecule has 0 radical (unpaired) electrons. The van der Waals surface area contributed by atoms with Crippen LogP contribution in [0.2, 0.25) is 0 Å². The second kappa shape index (κ2) is 6.50. The Kier molecular flexibility index (Phi) is 5.42. The van der Waals surface area contributed by atoms with Crippen LogP contribution in [0, 0.1) is 16.0 Å². The highest BCUT2D eigenvalue weighted by molar-refractivity contribution is 9.10. The maximum absolute atomic E-state index is 12.0. The van der Waals surface area contributed by atoms with Crippen LogP contribution in [0.3, 0.4) is 0 Å². The molecule has 21 heavy (non-hydrogen) atoms. The van der Waals surface area contributed by atoms with Crippen LogP contribution >= 0.6 is 15.9 Å². The maximum Gasteiger partial charge on any atom is 0.382 e. The van der Waals surface area contributed by atoms with Gasteiger partial charge in [0.05, 0.1) is 6.61 Å². The number of halogens is 1. The first-order chi connectivity index (χ1) is 9.56. The number of imidazole rings is 1. The van der Waals surface area contributed by atoms with E-state index in [4.69, 9.17) is 10.5 Å². The molecule has 10 heteroatoms. The number of nitro groups is 1. The van der Waals surface area contributed by atoms with E-state index in [-0.39, 0.29) is 4.73 Å². The predicted molar refractivity (Wildman–Crippen MR) is 76.2 cm³/mol. The molecule has 0 aliphatic rings. The molecular weight excluding hydrogens is 348 g/mol. The van der Waals surface area contributed by atoms with Crippen molar-refractivity contribution in [2.45, 2.75) is 32.5 Å². The molecule has 0 aliphatic heterocycles. The molecule has 1 aromatic heterocycles. The largest absolute Gasteiger partial charge is 0.460 e. The van der Waals surface area contributed by atoms with Crippen molar-refractivity contribution in [3.63, 3.8) is 0 Å². The summed E-state index contributed by atoms with van der Waals surface area (Å²) in [6.45, 7) is 4.49. The monoisotopic (exact) mass is 364 g/mol. The van der Waals surface area contributed by atoms with Crippen LogP contribution in [0.4, 0.5) is 5.82 Å². The molecule has 0 spiro atoms. The third-order valence-electron chi connectivity index (χ3n) is 2.50. The molecule has 0 aliphatic carbocycles. The van der Waals surface area contributed by atoms with Gasteiger partial charge < -0.3 is 25.7 Å². The number of nitrogens with two attached hydrogens (primary N) is 1. The lowest BCUT2D eigenvalue weighted by atomic mass is 10.1. The lowest BCUT2D eigenvalue weighted by Gasteiger charge is -2.26. The molecule has 3 N–H and O–H groups in total. The van der Waals surface area contributed by atoms with Crippen LogP contribution < -0.4 is 5.73 Å². The summed E-state index contributed by atoms with van der Waals surface area (Å²) in [6, 6.07) is 0. The van der Waals surface area contributed by atoms with Crippen molar-refractivity contribution in [3.8, 4) is 0 Å². The van der Waals surface area contributed by atoms with E-state index in [1.807, 2.05) is 0 Å². The molecule has 0 saturated heterocycles. The van der Waals surface area contributed by atoms with Crippen molar-refractivity contribution in [3.05, 3.63) is 21.0 Å². The number of carbonyl (C=O) groups excluding carboxylic acids is 1. The molecule has 1 heterocycles. The zero-order chi connectivity index (χ0) is 16.4. The van der Waals surface area contributed by atoms with E-state index in [0.29, 0.717) is 0 Å². The summed E-state index contributed by atoms with van der Waals surface area (Å²) in [7, 11) is 0. The Morgan fingerprint density at radius 3 is 2.62 bits per heavy atom. The minimum Gasteiger partial charge on any atom is -0.460 e. The summed E-state index contributed by atoms with van der Waals surface area (Å²) in [5.41, 5.74) is 5.16. The average molecular weight is 365 g/mol. The topological polar surface area (TPSA) is 134 Å². The summed E-state index contributed by atoms with van der Waals surface area (Å²) in [5, 5.41) is 20.0. The van der Waals surface area contributed by atoms with Crippen molar-refractivity contribution in [1.82, 2.24) is 9.55 Å². The van der Waals surface area contributed by atoms with Crippen LogP contribution in [0.25, 0.3) is 0 Å². The Morgan fingerprint density at radius 1 is 1.67 bits per heavy atom. The van der Waals surface area contributed by atoms with Crippen LogP contribution in [0.1, 0.15) is 26.9 Å².